The number of anilines is 1. The predicted molar refractivity (Wildman–Crippen MR) is 129 cm³/mol. The lowest BCUT2D eigenvalue weighted by molar-refractivity contribution is -0.137. The molecule has 6 nitrogen and oxygen atoms in total. The second-order valence-electron chi connectivity index (χ2n) is 8.90. The predicted octanol–water partition coefficient (Wildman–Crippen LogP) is 5.71. The van der Waals surface area contributed by atoms with Crippen molar-refractivity contribution in [3.05, 3.63) is 72.4 Å². The van der Waals surface area contributed by atoms with Crippen LogP contribution in [0, 0.1) is 0 Å². The van der Waals surface area contributed by atoms with Gasteiger partial charge in [0.2, 0.25) is 11.8 Å². The third-order valence-corrected chi connectivity index (χ3v) is 6.29. The Bertz CT molecular complexity index is 1080. The van der Waals surface area contributed by atoms with E-state index in [-0.39, 0.29) is 24.4 Å². The molecule has 2 aromatic heterocycles. The first-order valence-electron chi connectivity index (χ1n) is 11.9. The first-order chi connectivity index (χ1) is 16.0. The Kier molecular flexibility index (Phi) is 7.02. The Hall–Kier alpha value is -3.28. The number of amides is 2. The van der Waals surface area contributed by atoms with Crippen molar-refractivity contribution in [2.45, 2.75) is 65.0 Å². The maximum atomic E-state index is 13.9. The van der Waals surface area contributed by atoms with Crippen molar-refractivity contribution in [2.24, 2.45) is 0 Å². The fourth-order valence-corrected chi connectivity index (χ4v) is 4.60. The van der Waals surface area contributed by atoms with Crippen molar-refractivity contribution in [2.75, 3.05) is 11.4 Å². The number of aromatic nitrogens is 1. The molecule has 1 aliphatic rings. The average molecular weight is 448 g/mol. The van der Waals surface area contributed by atoms with Crippen LogP contribution in [-0.4, -0.2) is 33.9 Å². The summed E-state index contributed by atoms with van der Waals surface area (Å²) in [5, 5.41) is 0. The lowest BCUT2D eigenvalue weighted by Gasteiger charge is -2.38. The maximum absolute atomic E-state index is 13.9. The van der Waals surface area contributed by atoms with E-state index >= 15 is 0 Å². The van der Waals surface area contributed by atoms with E-state index in [4.69, 9.17) is 4.42 Å². The van der Waals surface area contributed by atoms with Gasteiger partial charge in [-0.05, 0) is 56.7 Å². The topological polar surface area (TPSA) is 58.7 Å². The van der Waals surface area contributed by atoms with E-state index in [9.17, 15) is 9.59 Å². The van der Waals surface area contributed by atoms with Crippen LogP contribution in [0.15, 0.2) is 65.4 Å². The molecule has 1 aromatic carbocycles. The molecule has 4 rings (SSSR count). The molecule has 3 heterocycles. The quantitative estimate of drug-likeness (QED) is 0.395. The number of furan rings is 1. The molecule has 2 amide bonds. The Labute approximate surface area is 195 Å². The number of unbranched alkanes of at least 4 members (excludes halogenated alkanes) is 3. The van der Waals surface area contributed by atoms with Crippen molar-refractivity contribution >= 4 is 17.5 Å². The number of nitrogens with zero attached hydrogens (tertiary/aromatic N) is 3. The Balaban J connectivity index is 1.65. The minimum atomic E-state index is -0.397. The smallest absolute Gasteiger partial charge is 0.247 e. The number of para-hydroxylation sites is 2. The van der Waals surface area contributed by atoms with Gasteiger partial charge in [0, 0.05) is 18.7 Å². The van der Waals surface area contributed by atoms with Gasteiger partial charge in [-0.1, -0.05) is 38.3 Å². The standard InChI is InChI=1S/C27H33N3O3/c1-4-5-6-7-16-25(31)29(20(2)3)19-26(32)30-22-13-9-8-12-21(22)28-17-10-14-23(28)27(30)24-15-11-18-33-24/h8-15,17-18,20,27H,4-7,16,19H2,1-3H3. The van der Waals surface area contributed by atoms with Gasteiger partial charge in [0.05, 0.1) is 23.3 Å². The summed E-state index contributed by atoms with van der Waals surface area (Å²) in [4.78, 5) is 30.4. The van der Waals surface area contributed by atoms with Gasteiger partial charge in [0.15, 0.2) is 0 Å². The summed E-state index contributed by atoms with van der Waals surface area (Å²) in [6, 6.07) is 15.2. The largest absolute Gasteiger partial charge is 0.467 e. The SMILES string of the molecule is CCCCCCC(=O)N(CC(=O)N1c2ccccc2-n2cccc2C1c1ccco1)C(C)C. The van der Waals surface area contributed by atoms with Gasteiger partial charge in [0.25, 0.3) is 0 Å². The molecular weight excluding hydrogens is 414 g/mol. The van der Waals surface area contributed by atoms with Crippen molar-refractivity contribution in [3.63, 3.8) is 0 Å². The van der Waals surface area contributed by atoms with Gasteiger partial charge in [-0.2, -0.15) is 0 Å². The van der Waals surface area contributed by atoms with Crippen LogP contribution in [0.3, 0.4) is 0 Å². The molecule has 0 saturated carbocycles. The molecule has 174 valence electrons. The molecule has 0 radical (unpaired) electrons. The van der Waals surface area contributed by atoms with E-state index in [2.05, 4.69) is 11.5 Å². The first kappa shape index (κ1) is 22.9. The zero-order valence-corrected chi connectivity index (χ0v) is 19.7. The maximum Gasteiger partial charge on any atom is 0.247 e. The van der Waals surface area contributed by atoms with Gasteiger partial charge >= 0.3 is 0 Å². The molecule has 1 aliphatic heterocycles. The zero-order valence-electron chi connectivity index (χ0n) is 19.7. The Morgan fingerprint density at radius 3 is 2.48 bits per heavy atom. The van der Waals surface area contributed by atoms with Crippen LogP contribution in [0.25, 0.3) is 5.69 Å². The zero-order chi connectivity index (χ0) is 23.4. The molecule has 6 heteroatoms. The fraction of sp³-hybridized carbons (Fsp3) is 0.407. The Morgan fingerprint density at radius 2 is 1.79 bits per heavy atom. The third-order valence-electron chi connectivity index (χ3n) is 6.29. The van der Waals surface area contributed by atoms with Crippen LogP contribution in [0.1, 0.15) is 70.4 Å². The highest BCUT2D eigenvalue weighted by molar-refractivity contribution is 6.00. The molecule has 3 aromatic rings. The van der Waals surface area contributed by atoms with Gasteiger partial charge in [-0.25, -0.2) is 0 Å². The highest BCUT2D eigenvalue weighted by Crippen LogP contribution is 2.42. The molecule has 0 spiro atoms. The monoisotopic (exact) mass is 447 g/mol. The van der Waals surface area contributed by atoms with E-state index in [0.29, 0.717) is 12.2 Å². The van der Waals surface area contributed by atoms with Crippen molar-refractivity contribution < 1.29 is 14.0 Å². The molecule has 1 atom stereocenters. The summed E-state index contributed by atoms with van der Waals surface area (Å²) in [6.07, 6.45) is 8.27. The van der Waals surface area contributed by atoms with Gasteiger partial charge in [-0.15, -0.1) is 0 Å². The summed E-state index contributed by atoms with van der Waals surface area (Å²) in [5.41, 5.74) is 2.71. The van der Waals surface area contributed by atoms with E-state index in [1.54, 1.807) is 16.1 Å². The molecular formula is C27H33N3O3. The number of rotatable bonds is 9. The molecule has 0 bridgehead atoms. The number of benzene rings is 1. The molecule has 0 fully saturated rings. The van der Waals surface area contributed by atoms with Crippen molar-refractivity contribution in [3.8, 4) is 5.69 Å². The summed E-state index contributed by atoms with van der Waals surface area (Å²) >= 11 is 0. The van der Waals surface area contributed by atoms with Crippen molar-refractivity contribution in [1.82, 2.24) is 9.47 Å². The van der Waals surface area contributed by atoms with E-state index in [1.165, 1.54) is 0 Å². The highest BCUT2D eigenvalue weighted by atomic mass is 16.3. The Morgan fingerprint density at radius 1 is 1.00 bits per heavy atom. The van der Waals surface area contributed by atoms with Crippen LogP contribution in [0.2, 0.25) is 0 Å². The van der Waals surface area contributed by atoms with Crippen LogP contribution in [0.4, 0.5) is 5.69 Å². The minimum Gasteiger partial charge on any atom is -0.467 e. The lowest BCUT2D eigenvalue weighted by atomic mass is 10.0. The number of hydrogen-bond acceptors (Lipinski definition) is 3. The lowest BCUT2D eigenvalue weighted by Crippen LogP contribution is -2.48. The van der Waals surface area contributed by atoms with Crippen molar-refractivity contribution in [1.29, 1.82) is 0 Å². The summed E-state index contributed by atoms with van der Waals surface area (Å²) < 4.78 is 7.89. The van der Waals surface area contributed by atoms with E-state index in [0.717, 1.165) is 42.8 Å². The van der Waals surface area contributed by atoms with E-state index < -0.39 is 6.04 Å². The summed E-state index contributed by atoms with van der Waals surface area (Å²) in [7, 11) is 0. The van der Waals surface area contributed by atoms with E-state index in [1.807, 2.05) is 68.6 Å². The molecule has 0 aliphatic carbocycles. The number of carbonyl (C=O) groups is 2. The average Bonchev–Trinajstić information content (AvgIpc) is 3.51. The van der Waals surface area contributed by atoms with Crippen LogP contribution >= 0.6 is 0 Å². The summed E-state index contributed by atoms with van der Waals surface area (Å²) in [5.74, 6) is 0.615. The molecule has 0 saturated heterocycles. The minimum absolute atomic E-state index is 0.0382. The van der Waals surface area contributed by atoms with Crippen LogP contribution in [-0.2, 0) is 9.59 Å². The van der Waals surface area contributed by atoms with Gasteiger partial charge in [-0.3, -0.25) is 14.5 Å². The first-order valence-corrected chi connectivity index (χ1v) is 11.9. The fourth-order valence-electron chi connectivity index (χ4n) is 4.60. The molecule has 1 unspecified atom stereocenters. The van der Waals surface area contributed by atoms with Crippen LogP contribution < -0.4 is 4.90 Å². The van der Waals surface area contributed by atoms with Gasteiger partial charge in [0.1, 0.15) is 18.3 Å². The number of carbonyl (C=O) groups excluding carboxylic acids is 2. The highest BCUT2D eigenvalue weighted by Gasteiger charge is 2.38. The molecule has 33 heavy (non-hydrogen) atoms. The summed E-state index contributed by atoms with van der Waals surface area (Å²) in [6.45, 7) is 6.13. The second-order valence-corrected chi connectivity index (χ2v) is 8.90. The normalized spacial score (nSPS) is 14.8. The second kappa shape index (κ2) is 10.1. The number of hydrogen-bond donors (Lipinski definition) is 0. The van der Waals surface area contributed by atoms with Gasteiger partial charge < -0.3 is 13.9 Å². The molecule has 0 N–H and O–H groups in total. The van der Waals surface area contributed by atoms with Crippen LogP contribution in [0.5, 0.6) is 0 Å². The third kappa shape index (κ3) is 4.61. The number of fused-ring (bicyclic) bond motifs is 3.